The van der Waals surface area contributed by atoms with Crippen LogP contribution in [0.3, 0.4) is 0 Å². The van der Waals surface area contributed by atoms with E-state index in [2.05, 4.69) is 14.7 Å². The summed E-state index contributed by atoms with van der Waals surface area (Å²) in [5, 5.41) is 0.969. The van der Waals surface area contributed by atoms with Gasteiger partial charge in [0.2, 0.25) is 0 Å². The number of rotatable bonds is 3. The highest BCUT2D eigenvalue weighted by atomic mass is 35.5. The fourth-order valence-electron chi connectivity index (χ4n) is 2.03. The van der Waals surface area contributed by atoms with Gasteiger partial charge < -0.3 is 4.98 Å². The summed E-state index contributed by atoms with van der Waals surface area (Å²) in [7, 11) is -1.23. The number of halogens is 1. The molecule has 0 aliphatic heterocycles. The van der Waals surface area contributed by atoms with Crippen LogP contribution in [0.4, 0.5) is 0 Å². The Morgan fingerprint density at radius 1 is 1.36 bits per heavy atom. The number of H-pyrrole nitrogens is 1. The lowest BCUT2D eigenvalue weighted by Gasteiger charge is -2.22. The second-order valence-electron chi connectivity index (χ2n) is 6.26. The number of hydrogen-bond donors (Lipinski definition) is 2. The Hall–Kier alpha value is -1.24. The molecule has 0 saturated carbocycles. The van der Waals surface area contributed by atoms with Crippen molar-refractivity contribution in [1.29, 1.82) is 0 Å². The lowest BCUT2D eigenvalue weighted by Crippen LogP contribution is -2.35. The van der Waals surface area contributed by atoms with Gasteiger partial charge in [0, 0.05) is 11.1 Å². The molecule has 0 amide bonds. The van der Waals surface area contributed by atoms with Gasteiger partial charge in [-0.2, -0.15) is 0 Å². The highest BCUT2D eigenvalue weighted by molar-refractivity contribution is 7.84. The fourth-order valence-corrected chi connectivity index (χ4v) is 3.15. The van der Waals surface area contributed by atoms with Crippen LogP contribution in [0.2, 0.25) is 5.02 Å². The zero-order chi connectivity index (χ0) is 16.7. The van der Waals surface area contributed by atoms with Crippen molar-refractivity contribution in [2.75, 3.05) is 0 Å². The quantitative estimate of drug-likeness (QED) is 0.901. The molecule has 0 bridgehead atoms. The summed E-state index contributed by atoms with van der Waals surface area (Å²) in [5.74, 6) is 0.543. The van der Waals surface area contributed by atoms with E-state index in [1.165, 1.54) is 0 Å². The molecule has 0 saturated heterocycles. The first-order chi connectivity index (χ1) is 10.1. The van der Waals surface area contributed by atoms with Crippen LogP contribution in [-0.4, -0.2) is 18.9 Å². The summed E-state index contributed by atoms with van der Waals surface area (Å²) in [6, 6.07) is 3.13. The van der Waals surface area contributed by atoms with Crippen LogP contribution in [-0.2, 0) is 11.0 Å². The van der Waals surface area contributed by atoms with Gasteiger partial charge >= 0.3 is 0 Å². The molecule has 2 N–H and O–H groups in total. The smallest absolute Gasteiger partial charge is 0.258 e. The maximum atomic E-state index is 12.2. The van der Waals surface area contributed by atoms with E-state index >= 15 is 0 Å². The van der Waals surface area contributed by atoms with Crippen LogP contribution >= 0.6 is 11.6 Å². The van der Waals surface area contributed by atoms with Crippen molar-refractivity contribution in [3.05, 3.63) is 38.9 Å². The number of fused-ring (bicyclic) bond motifs is 1. The van der Waals surface area contributed by atoms with Gasteiger partial charge in [-0.3, -0.25) is 4.79 Å². The lowest BCUT2D eigenvalue weighted by atomic mass is 10.1. The normalized spacial score (nSPS) is 15.0. The van der Waals surface area contributed by atoms with Crippen molar-refractivity contribution >= 4 is 33.5 Å². The first-order valence-corrected chi connectivity index (χ1v) is 8.50. The molecule has 7 heteroatoms. The summed E-state index contributed by atoms with van der Waals surface area (Å²) >= 11 is 6.31. The molecule has 0 spiro atoms. The molecule has 22 heavy (non-hydrogen) atoms. The molecule has 2 atom stereocenters. The van der Waals surface area contributed by atoms with Gasteiger partial charge in [-0.15, -0.1) is 0 Å². The first kappa shape index (κ1) is 17.1. The van der Waals surface area contributed by atoms with E-state index in [0.29, 0.717) is 21.7 Å². The highest BCUT2D eigenvalue weighted by Crippen LogP contribution is 2.27. The average Bonchev–Trinajstić information content (AvgIpc) is 2.36. The van der Waals surface area contributed by atoms with Crippen LogP contribution in [0.25, 0.3) is 10.9 Å². The lowest BCUT2D eigenvalue weighted by molar-refractivity contribution is 0.616. The average molecular weight is 342 g/mol. The molecule has 5 nitrogen and oxygen atoms in total. The standard InChI is InChI=1S/C15H20ClN3O2S/c1-8(19-22(21)15(3,4)5)10-6-11-13(7-12(10)16)17-9(2)18-14(11)20/h6-8,19H,1-5H3,(H,17,18,20)/t8-,22-/m1/s1. The minimum absolute atomic E-state index is 0.204. The Morgan fingerprint density at radius 2 is 2.00 bits per heavy atom. The van der Waals surface area contributed by atoms with Crippen molar-refractivity contribution < 1.29 is 4.21 Å². The van der Waals surface area contributed by atoms with Gasteiger partial charge in [0.1, 0.15) is 5.82 Å². The summed E-state index contributed by atoms with van der Waals surface area (Å²) in [4.78, 5) is 19.0. The van der Waals surface area contributed by atoms with Gasteiger partial charge in [-0.05, 0) is 52.3 Å². The van der Waals surface area contributed by atoms with Crippen molar-refractivity contribution in [2.45, 2.75) is 45.4 Å². The zero-order valence-corrected chi connectivity index (χ0v) is 14.9. The molecule has 120 valence electrons. The van der Waals surface area contributed by atoms with Crippen molar-refractivity contribution in [1.82, 2.24) is 14.7 Å². The van der Waals surface area contributed by atoms with Crippen LogP contribution in [0.1, 0.15) is 45.1 Å². The number of aromatic amines is 1. The monoisotopic (exact) mass is 341 g/mol. The van der Waals surface area contributed by atoms with E-state index < -0.39 is 11.0 Å². The first-order valence-electron chi connectivity index (χ1n) is 6.97. The Balaban J connectivity index is 2.45. The van der Waals surface area contributed by atoms with Crippen LogP contribution in [0.5, 0.6) is 0 Å². The SMILES string of the molecule is Cc1nc2cc(Cl)c([C@@H](C)N[S@](=O)C(C)(C)C)cc2c(=O)[nH]1. The molecular formula is C15H20ClN3O2S. The van der Waals surface area contributed by atoms with E-state index in [-0.39, 0.29) is 16.3 Å². The second kappa shape index (κ2) is 6.10. The number of benzene rings is 1. The number of nitrogens with zero attached hydrogens (tertiary/aromatic N) is 1. The predicted octanol–water partition coefficient (Wildman–Crippen LogP) is 3.00. The summed E-state index contributed by atoms with van der Waals surface area (Å²) in [6.07, 6.45) is 0. The summed E-state index contributed by atoms with van der Waals surface area (Å²) < 4.78 is 14.9. The molecule has 1 heterocycles. The molecule has 1 aromatic carbocycles. The van der Waals surface area contributed by atoms with Gasteiger partial charge in [0.15, 0.2) is 0 Å². The second-order valence-corrected chi connectivity index (χ2v) is 8.67. The van der Waals surface area contributed by atoms with Gasteiger partial charge in [-0.25, -0.2) is 13.9 Å². The van der Waals surface area contributed by atoms with Gasteiger partial charge in [0.25, 0.3) is 5.56 Å². The number of aryl methyl sites for hydroxylation is 1. The third kappa shape index (κ3) is 3.56. The van der Waals surface area contributed by atoms with Crippen LogP contribution in [0.15, 0.2) is 16.9 Å². The maximum absolute atomic E-state index is 12.2. The Labute approximate surface area is 137 Å². The maximum Gasteiger partial charge on any atom is 0.258 e. The van der Waals surface area contributed by atoms with Crippen molar-refractivity contribution in [2.24, 2.45) is 0 Å². The molecule has 1 aromatic heterocycles. The number of aromatic nitrogens is 2. The third-order valence-electron chi connectivity index (χ3n) is 3.25. The fraction of sp³-hybridized carbons (Fsp3) is 0.467. The highest BCUT2D eigenvalue weighted by Gasteiger charge is 2.23. The number of hydrogen-bond acceptors (Lipinski definition) is 3. The summed E-state index contributed by atoms with van der Waals surface area (Å²) in [5.41, 5.74) is 1.08. The minimum atomic E-state index is -1.23. The molecule has 0 aliphatic carbocycles. The molecule has 0 aliphatic rings. The Kier molecular flexibility index (Phi) is 4.75. The minimum Gasteiger partial charge on any atom is -0.310 e. The van der Waals surface area contributed by atoms with Crippen LogP contribution < -0.4 is 10.3 Å². The van der Waals surface area contributed by atoms with Crippen molar-refractivity contribution in [3.63, 3.8) is 0 Å². The van der Waals surface area contributed by atoms with E-state index in [1.54, 1.807) is 19.1 Å². The zero-order valence-electron chi connectivity index (χ0n) is 13.3. The molecule has 0 fully saturated rings. The molecule has 0 unspecified atom stereocenters. The summed E-state index contributed by atoms with van der Waals surface area (Å²) in [6.45, 7) is 9.26. The molecule has 2 aromatic rings. The van der Waals surface area contributed by atoms with Gasteiger partial charge in [-0.1, -0.05) is 11.6 Å². The predicted molar refractivity (Wildman–Crippen MR) is 91.6 cm³/mol. The number of nitrogens with one attached hydrogen (secondary N) is 2. The van der Waals surface area contributed by atoms with E-state index in [0.717, 1.165) is 5.56 Å². The van der Waals surface area contributed by atoms with Crippen molar-refractivity contribution in [3.8, 4) is 0 Å². The Morgan fingerprint density at radius 3 is 2.59 bits per heavy atom. The largest absolute Gasteiger partial charge is 0.310 e. The molecule has 2 rings (SSSR count). The van der Waals surface area contributed by atoms with E-state index in [1.807, 2.05) is 27.7 Å². The topological polar surface area (TPSA) is 74.8 Å². The third-order valence-corrected chi connectivity index (χ3v) is 5.26. The van der Waals surface area contributed by atoms with E-state index in [4.69, 9.17) is 11.6 Å². The van der Waals surface area contributed by atoms with Gasteiger partial charge in [0.05, 0.1) is 26.6 Å². The Bertz CT molecular complexity index is 796. The van der Waals surface area contributed by atoms with Crippen LogP contribution in [0, 0.1) is 6.92 Å². The molecule has 0 radical (unpaired) electrons. The molecular weight excluding hydrogens is 322 g/mol. The van der Waals surface area contributed by atoms with E-state index in [9.17, 15) is 9.00 Å².